The molecule has 1 unspecified atom stereocenters. The molecule has 0 fully saturated rings. The molecular formula is C13H13F2N3. The molecule has 0 spiro atoms. The fraction of sp³-hybridized carbons (Fsp3) is 0.231. The van der Waals surface area contributed by atoms with Crippen molar-refractivity contribution < 1.29 is 8.78 Å². The minimum atomic E-state index is -0.869. The van der Waals surface area contributed by atoms with Crippen molar-refractivity contribution in [2.75, 3.05) is 6.54 Å². The van der Waals surface area contributed by atoms with Crippen molar-refractivity contribution >= 4 is 0 Å². The zero-order valence-electron chi connectivity index (χ0n) is 9.90. The van der Waals surface area contributed by atoms with Crippen LogP contribution in [0.5, 0.6) is 0 Å². The number of nitrogens with one attached hydrogen (secondary N) is 1. The van der Waals surface area contributed by atoms with E-state index in [0.717, 1.165) is 6.07 Å². The van der Waals surface area contributed by atoms with E-state index in [1.165, 1.54) is 12.1 Å². The molecule has 1 aromatic carbocycles. The summed E-state index contributed by atoms with van der Waals surface area (Å²) in [4.78, 5) is 8.16. The summed E-state index contributed by atoms with van der Waals surface area (Å²) in [5.74, 6) is -1.31. The molecule has 1 atom stereocenters. The Bertz CT molecular complexity index is 517. The van der Waals surface area contributed by atoms with Crippen LogP contribution in [0.3, 0.4) is 0 Å². The van der Waals surface area contributed by atoms with E-state index >= 15 is 0 Å². The second-order valence-electron chi connectivity index (χ2n) is 3.74. The summed E-state index contributed by atoms with van der Waals surface area (Å²) < 4.78 is 27.0. The van der Waals surface area contributed by atoms with Gasteiger partial charge >= 0.3 is 0 Å². The molecule has 0 saturated heterocycles. The van der Waals surface area contributed by atoms with Crippen molar-refractivity contribution in [1.29, 1.82) is 0 Å². The van der Waals surface area contributed by atoms with E-state index in [0.29, 0.717) is 12.4 Å². The van der Waals surface area contributed by atoms with Crippen molar-refractivity contribution in [3.05, 3.63) is 59.7 Å². The van der Waals surface area contributed by atoms with Gasteiger partial charge in [0.25, 0.3) is 0 Å². The van der Waals surface area contributed by atoms with E-state index in [1.54, 1.807) is 18.5 Å². The average molecular weight is 249 g/mol. The lowest BCUT2D eigenvalue weighted by Gasteiger charge is -2.17. The van der Waals surface area contributed by atoms with Crippen LogP contribution >= 0.6 is 0 Å². The molecular weight excluding hydrogens is 236 g/mol. The predicted octanol–water partition coefficient (Wildman–Crippen LogP) is 2.45. The average Bonchev–Trinajstić information content (AvgIpc) is 2.41. The molecule has 5 heteroatoms. The Morgan fingerprint density at radius 2 is 1.89 bits per heavy atom. The third-order valence-electron chi connectivity index (χ3n) is 2.54. The van der Waals surface area contributed by atoms with Gasteiger partial charge < -0.3 is 5.32 Å². The van der Waals surface area contributed by atoms with Crippen LogP contribution in [-0.2, 0) is 0 Å². The van der Waals surface area contributed by atoms with E-state index in [-0.39, 0.29) is 5.56 Å². The first kappa shape index (κ1) is 12.6. The molecule has 1 N–H and O–H groups in total. The van der Waals surface area contributed by atoms with Crippen molar-refractivity contribution in [2.24, 2.45) is 0 Å². The van der Waals surface area contributed by atoms with E-state index in [9.17, 15) is 8.78 Å². The maximum Gasteiger partial charge on any atom is 0.164 e. The zero-order valence-corrected chi connectivity index (χ0v) is 9.90. The lowest BCUT2D eigenvalue weighted by Crippen LogP contribution is -2.25. The lowest BCUT2D eigenvalue weighted by molar-refractivity contribution is 0.478. The number of hydrogen-bond donors (Lipinski definition) is 1. The molecule has 0 bridgehead atoms. The molecule has 0 aliphatic heterocycles. The molecule has 0 radical (unpaired) electrons. The minimum absolute atomic E-state index is 0.211. The van der Waals surface area contributed by atoms with Gasteiger partial charge in [-0.05, 0) is 18.7 Å². The first-order valence-electron chi connectivity index (χ1n) is 5.68. The number of rotatable bonds is 4. The molecule has 94 valence electrons. The van der Waals surface area contributed by atoms with Crippen LogP contribution in [0.25, 0.3) is 0 Å². The van der Waals surface area contributed by atoms with Crippen molar-refractivity contribution in [3.63, 3.8) is 0 Å². The van der Waals surface area contributed by atoms with E-state index in [1.807, 2.05) is 6.92 Å². The lowest BCUT2D eigenvalue weighted by atomic mass is 10.1. The van der Waals surface area contributed by atoms with Crippen LogP contribution in [0.2, 0.25) is 0 Å². The molecule has 0 amide bonds. The molecule has 18 heavy (non-hydrogen) atoms. The van der Waals surface area contributed by atoms with E-state index < -0.39 is 17.7 Å². The molecule has 3 nitrogen and oxygen atoms in total. The summed E-state index contributed by atoms with van der Waals surface area (Å²) >= 11 is 0. The van der Waals surface area contributed by atoms with Gasteiger partial charge in [0.2, 0.25) is 0 Å². The highest BCUT2D eigenvalue weighted by molar-refractivity contribution is 5.27. The number of hydrogen-bond acceptors (Lipinski definition) is 3. The van der Waals surface area contributed by atoms with Gasteiger partial charge in [-0.15, -0.1) is 0 Å². The van der Waals surface area contributed by atoms with Crippen LogP contribution in [0, 0.1) is 11.6 Å². The van der Waals surface area contributed by atoms with Gasteiger partial charge in [-0.25, -0.2) is 18.7 Å². The monoisotopic (exact) mass is 249 g/mol. The summed E-state index contributed by atoms with van der Waals surface area (Å²) in [5, 5.41) is 3.05. The Morgan fingerprint density at radius 1 is 1.17 bits per heavy atom. The highest BCUT2D eigenvalue weighted by atomic mass is 19.2. The maximum absolute atomic E-state index is 13.8. The molecule has 0 saturated carbocycles. The standard InChI is InChI=1S/C13H13F2N3/c1-2-16-12(13-17-7-4-8-18-13)9-5-3-6-10(14)11(9)15/h3-8,12,16H,2H2,1H3. The summed E-state index contributed by atoms with van der Waals surface area (Å²) in [6, 6.07) is 5.22. The van der Waals surface area contributed by atoms with Crippen molar-refractivity contribution in [1.82, 2.24) is 15.3 Å². The van der Waals surface area contributed by atoms with Gasteiger partial charge in [-0.3, -0.25) is 0 Å². The number of nitrogens with zero attached hydrogens (tertiary/aromatic N) is 2. The molecule has 0 aliphatic rings. The van der Waals surface area contributed by atoms with Crippen molar-refractivity contribution in [2.45, 2.75) is 13.0 Å². The first-order valence-corrected chi connectivity index (χ1v) is 5.68. The van der Waals surface area contributed by atoms with Gasteiger partial charge in [0.05, 0.1) is 6.04 Å². The van der Waals surface area contributed by atoms with Crippen molar-refractivity contribution in [3.8, 4) is 0 Å². The Balaban J connectivity index is 2.45. The van der Waals surface area contributed by atoms with E-state index in [4.69, 9.17) is 0 Å². The highest BCUT2D eigenvalue weighted by Gasteiger charge is 2.21. The SMILES string of the molecule is CCNC(c1ncccn1)c1cccc(F)c1F. The Kier molecular flexibility index (Phi) is 3.94. The number of aromatic nitrogens is 2. The Hall–Kier alpha value is -1.88. The predicted molar refractivity (Wildman–Crippen MR) is 63.9 cm³/mol. The third kappa shape index (κ3) is 2.51. The van der Waals surface area contributed by atoms with Crippen LogP contribution in [0.1, 0.15) is 24.4 Å². The first-order chi connectivity index (χ1) is 8.74. The zero-order chi connectivity index (χ0) is 13.0. The molecule has 1 aromatic heterocycles. The summed E-state index contributed by atoms with van der Waals surface area (Å²) in [5.41, 5.74) is 0.211. The van der Waals surface area contributed by atoms with Gasteiger partial charge in [0, 0.05) is 18.0 Å². The molecule has 2 rings (SSSR count). The van der Waals surface area contributed by atoms with Gasteiger partial charge in [-0.1, -0.05) is 19.1 Å². The van der Waals surface area contributed by atoms with Gasteiger partial charge in [-0.2, -0.15) is 0 Å². The summed E-state index contributed by atoms with van der Waals surface area (Å²) in [6.45, 7) is 2.48. The summed E-state index contributed by atoms with van der Waals surface area (Å²) in [7, 11) is 0. The fourth-order valence-corrected chi connectivity index (χ4v) is 1.75. The summed E-state index contributed by atoms with van der Waals surface area (Å²) in [6.07, 6.45) is 3.15. The van der Waals surface area contributed by atoms with Crippen LogP contribution in [0.4, 0.5) is 8.78 Å². The second-order valence-corrected chi connectivity index (χ2v) is 3.74. The quantitative estimate of drug-likeness (QED) is 0.904. The maximum atomic E-state index is 13.8. The van der Waals surface area contributed by atoms with Gasteiger partial charge in [0.1, 0.15) is 5.82 Å². The fourth-order valence-electron chi connectivity index (χ4n) is 1.75. The highest BCUT2D eigenvalue weighted by Crippen LogP contribution is 2.23. The molecule has 1 heterocycles. The van der Waals surface area contributed by atoms with Crippen LogP contribution < -0.4 is 5.32 Å². The Morgan fingerprint density at radius 3 is 2.56 bits per heavy atom. The smallest absolute Gasteiger partial charge is 0.164 e. The topological polar surface area (TPSA) is 37.8 Å². The largest absolute Gasteiger partial charge is 0.304 e. The third-order valence-corrected chi connectivity index (χ3v) is 2.54. The molecule has 2 aromatic rings. The second kappa shape index (κ2) is 5.64. The molecule has 0 aliphatic carbocycles. The normalized spacial score (nSPS) is 12.4. The van der Waals surface area contributed by atoms with Crippen LogP contribution in [0.15, 0.2) is 36.7 Å². The van der Waals surface area contributed by atoms with E-state index in [2.05, 4.69) is 15.3 Å². The number of benzene rings is 1. The van der Waals surface area contributed by atoms with Gasteiger partial charge in [0.15, 0.2) is 11.6 Å². The Labute approximate surface area is 104 Å². The number of halogens is 2. The van der Waals surface area contributed by atoms with Crippen LogP contribution in [-0.4, -0.2) is 16.5 Å². The minimum Gasteiger partial charge on any atom is -0.304 e.